The Kier molecular flexibility index (Phi) is 5.81. The molecule has 1 heterocycles. The number of carbonyl (C=O) groups is 2. The Hall–Kier alpha value is -3.17. The van der Waals surface area contributed by atoms with E-state index in [0.29, 0.717) is 17.7 Å². The molecule has 10 heteroatoms. The molecule has 34 heavy (non-hydrogen) atoms. The van der Waals surface area contributed by atoms with Gasteiger partial charge in [-0.15, -0.1) is 0 Å². The third kappa shape index (κ3) is 4.58. The van der Waals surface area contributed by atoms with Gasteiger partial charge in [-0.05, 0) is 61.4 Å². The van der Waals surface area contributed by atoms with Crippen molar-refractivity contribution in [3.05, 3.63) is 52.6 Å². The van der Waals surface area contributed by atoms with Crippen LogP contribution in [0.1, 0.15) is 49.8 Å². The van der Waals surface area contributed by atoms with E-state index in [1.54, 1.807) is 6.92 Å². The first-order valence-electron chi connectivity index (χ1n) is 10.8. The van der Waals surface area contributed by atoms with Gasteiger partial charge in [0.25, 0.3) is 5.91 Å². The summed E-state index contributed by atoms with van der Waals surface area (Å²) < 4.78 is 73.6. The number of carbonyl (C=O) groups excluding carboxylic acids is 2. The Balaban J connectivity index is 1.66. The highest BCUT2D eigenvalue weighted by Crippen LogP contribution is 2.48. The van der Waals surface area contributed by atoms with Gasteiger partial charge in [0.1, 0.15) is 5.82 Å². The lowest BCUT2D eigenvalue weighted by molar-refractivity contribution is -0.140. The molecule has 1 N–H and O–H groups in total. The smallest absolute Gasteiger partial charge is 0.419 e. The minimum Gasteiger partial charge on any atom is -0.476 e. The number of alkyl halides is 3. The lowest BCUT2D eigenvalue weighted by Crippen LogP contribution is -2.44. The van der Waals surface area contributed by atoms with Gasteiger partial charge in [0.2, 0.25) is 5.91 Å². The van der Waals surface area contributed by atoms with E-state index in [1.165, 1.54) is 13.0 Å². The van der Waals surface area contributed by atoms with E-state index in [2.05, 4.69) is 5.32 Å². The molecule has 0 bridgehead atoms. The summed E-state index contributed by atoms with van der Waals surface area (Å²) in [4.78, 5) is 26.3. The maximum absolute atomic E-state index is 15.4. The Labute approximate surface area is 192 Å². The molecule has 182 valence electrons. The Morgan fingerprint density at radius 1 is 1.24 bits per heavy atom. The summed E-state index contributed by atoms with van der Waals surface area (Å²) >= 11 is 0. The van der Waals surface area contributed by atoms with E-state index in [9.17, 15) is 27.2 Å². The van der Waals surface area contributed by atoms with Gasteiger partial charge in [0, 0.05) is 6.42 Å². The number of halogens is 5. The number of fused-ring (bicyclic) bond motifs is 1. The predicted octanol–water partition coefficient (Wildman–Crippen LogP) is 5.73. The minimum atomic E-state index is -4.85. The molecule has 1 atom stereocenters. The number of nitrogens with zero attached hydrogens (tertiary/aromatic N) is 1. The van der Waals surface area contributed by atoms with Crippen LogP contribution >= 0.6 is 0 Å². The van der Waals surface area contributed by atoms with Gasteiger partial charge >= 0.3 is 6.18 Å². The molecule has 5 nitrogen and oxygen atoms in total. The first-order valence-corrected chi connectivity index (χ1v) is 10.8. The van der Waals surface area contributed by atoms with Crippen molar-refractivity contribution in [2.75, 3.05) is 10.2 Å². The summed E-state index contributed by atoms with van der Waals surface area (Å²) in [6, 6.07) is 3.82. The van der Waals surface area contributed by atoms with E-state index in [-0.39, 0.29) is 47.0 Å². The van der Waals surface area contributed by atoms with Gasteiger partial charge in [0.05, 0.1) is 23.5 Å². The lowest BCUT2D eigenvalue weighted by atomic mass is 10.0. The monoisotopic (exact) mass is 482 g/mol. The fourth-order valence-electron chi connectivity index (χ4n) is 3.97. The summed E-state index contributed by atoms with van der Waals surface area (Å²) in [5, 5.41) is 2.59. The summed E-state index contributed by atoms with van der Waals surface area (Å²) in [6.07, 6.45) is -3.85. The first kappa shape index (κ1) is 24.0. The quantitative estimate of drug-likeness (QED) is 0.554. The minimum absolute atomic E-state index is 0.0468. The number of ether oxygens (including phenoxy) is 1. The molecule has 2 amide bonds. The van der Waals surface area contributed by atoms with Crippen LogP contribution in [0.2, 0.25) is 0 Å². The Morgan fingerprint density at radius 2 is 1.91 bits per heavy atom. The van der Waals surface area contributed by atoms with E-state index in [1.807, 2.05) is 6.92 Å². The molecule has 2 aromatic rings. The van der Waals surface area contributed by atoms with E-state index < -0.39 is 35.4 Å². The van der Waals surface area contributed by atoms with Crippen LogP contribution in [0.3, 0.4) is 0 Å². The molecule has 0 aromatic heterocycles. The molecule has 0 spiro atoms. The molecule has 1 fully saturated rings. The van der Waals surface area contributed by atoms with Gasteiger partial charge in [-0.1, -0.05) is 13.0 Å². The second-order valence-corrected chi connectivity index (χ2v) is 9.26. The maximum Gasteiger partial charge on any atom is 0.419 e. The van der Waals surface area contributed by atoms with Crippen molar-refractivity contribution in [3.8, 4) is 5.75 Å². The molecule has 1 unspecified atom stereocenters. The van der Waals surface area contributed by atoms with Crippen molar-refractivity contribution in [1.82, 2.24) is 0 Å². The predicted molar refractivity (Wildman–Crippen MR) is 114 cm³/mol. The molecule has 1 aliphatic carbocycles. The fourth-order valence-corrected chi connectivity index (χ4v) is 3.97. The van der Waals surface area contributed by atoms with Gasteiger partial charge < -0.3 is 15.0 Å². The number of aryl methyl sites for hydroxylation is 1. The lowest BCUT2D eigenvalue weighted by Gasteiger charge is -2.34. The molecule has 0 saturated heterocycles. The van der Waals surface area contributed by atoms with E-state index >= 15 is 4.39 Å². The molecule has 1 aliphatic heterocycles. The van der Waals surface area contributed by atoms with Crippen LogP contribution in [0, 0.1) is 24.0 Å². The van der Waals surface area contributed by atoms with Gasteiger partial charge in [-0.3, -0.25) is 9.59 Å². The zero-order valence-corrected chi connectivity index (χ0v) is 18.8. The highest BCUT2D eigenvalue weighted by Gasteiger charge is 2.40. The van der Waals surface area contributed by atoms with Crippen LogP contribution in [0.4, 0.5) is 33.3 Å². The van der Waals surface area contributed by atoms with Crippen LogP contribution in [-0.4, -0.2) is 17.9 Å². The normalized spacial score (nSPS) is 18.9. The van der Waals surface area contributed by atoms with Crippen molar-refractivity contribution in [3.63, 3.8) is 0 Å². The molecule has 0 radical (unpaired) electrons. The largest absolute Gasteiger partial charge is 0.476 e. The summed E-state index contributed by atoms with van der Waals surface area (Å²) in [6.45, 7) is 4.63. The molecule has 1 saturated carbocycles. The summed E-state index contributed by atoms with van der Waals surface area (Å²) in [5.74, 6) is -3.49. The molecule has 2 aromatic carbocycles. The zero-order chi connectivity index (χ0) is 25.0. The second-order valence-electron chi connectivity index (χ2n) is 9.26. The van der Waals surface area contributed by atoms with Crippen LogP contribution in [0.15, 0.2) is 24.3 Å². The standard InChI is InChI=1S/C24H23F5N2O3/c1-12-8-17-21(19(26)20(12)30-18(32)10-23(3)6-7-23)34-13(2)22(33)31(17)11-14-4-5-15(16(25)9-14)24(27,28)29/h4-5,8-9,13H,6-7,10-11H2,1-3H3,(H,30,32). The number of amides is 2. The summed E-state index contributed by atoms with van der Waals surface area (Å²) in [5.41, 5.74) is -1.08. The average Bonchev–Trinajstić information content (AvgIpc) is 3.45. The Morgan fingerprint density at radius 3 is 2.50 bits per heavy atom. The summed E-state index contributed by atoms with van der Waals surface area (Å²) in [7, 11) is 0. The SMILES string of the molecule is Cc1cc2c(c(F)c1NC(=O)CC1(C)CC1)OC(C)C(=O)N2Cc1ccc(C(F)(F)F)c(F)c1. The zero-order valence-electron chi connectivity index (χ0n) is 18.8. The molecular formula is C24H23F5N2O3. The third-order valence-corrected chi connectivity index (χ3v) is 6.23. The number of nitrogens with one attached hydrogen (secondary N) is 1. The highest BCUT2D eigenvalue weighted by atomic mass is 19.4. The fraction of sp³-hybridized carbons (Fsp3) is 0.417. The van der Waals surface area contributed by atoms with Gasteiger partial charge in [-0.25, -0.2) is 8.78 Å². The van der Waals surface area contributed by atoms with Crippen LogP contribution in [-0.2, 0) is 22.3 Å². The van der Waals surface area contributed by atoms with Crippen LogP contribution < -0.4 is 15.0 Å². The number of hydrogen-bond donors (Lipinski definition) is 1. The Bertz CT molecular complexity index is 1170. The number of hydrogen-bond acceptors (Lipinski definition) is 3. The number of rotatable bonds is 5. The van der Waals surface area contributed by atoms with Crippen molar-refractivity contribution in [2.45, 2.75) is 58.9 Å². The van der Waals surface area contributed by atoms with Crippen LogP contribution in [0.5, 0.6) is 5.75 Å². The molecule has 2 aliphatic rings. The topological polar surface area (TPSA) is 58.6 Å². The van der Waals surface area contributed by atoms with Crippen molar-refractivity contribution in [1.29, 1.82) is 0 Å². The maximum atomic E-state index is 15.4. The van der Waals surface area contributed by atoms with E-state index in [0.717, 1.165) is 23.8 Å². The highest BCUT2D eigenvalue weighted by molar-refractivity contribution is 6.01. The van der Waals surface area contributed by atoms with Crippen molar-refractivity contribution in [2.24, 2.45) is 5.41 Å². The second kappa shape index (κ2) is 8.25. The number of anilines is 2. The van der Waals surface area contributed by atoms with E-state index in [4.69, 9.17) is 4.74 Å². The van der Waals surface area contributed by atoms with Crippen LogP contribution in [0.25, 0.3) is 0 Å². The van der Waals surface area contributed by atoms with Crippen molar-refractivity contribution >= 4 is 23.2 Å². The van der Waals surface area contributed by atoms with Gasteiger partial charge in [0.15, 0.2) is 17.7 Å². The first-order chi connectivity index (χ1) is 15.8. The average molecular weight is 482 g/mol. The molecule has 4 rings (SSSR count). The third-order valence-electron chi connectivity index (χ3n) is 6.23. The van der Waals surface area contributed by atoms with Crippen molar-refractivity contribution < 1.29 is 36.3 Å². The molecular weight excluding hydrogens is 459 g/mol. The number of benzene rings is 2. The van der Waals surface area contributed by atoms with Gasteiger partial charge in [-0.2, -0.15) is 13.2 Å².